The molecule has 1 aromatic heterocycles. The zero-order valence-corrected chi connectivity index (χ0v) is 14.2. The van der Waals surface area contributed by atoms with Crippen molar-refractivity contribution in [3.8, 4) is 0 Å². The van der Waals surface area contributed by atoms with Gasteiger partial charge >= 0.3 is 0 Å². The largest absolute Gasteiger partial charge is 0.353 e. The summed E-state index contributed by atoms with van der Waals surface area (Å²) in [5, 5.41) is 11.0. The Balaban J connectivity index is 1.55. The molecule has 3 rings (SSSR count). The van der Waals surface area contributed by atoms with Crippen molar-refractivity contribution in [3.63, 3.8) is 0 Å². The van der Waals surface area contributed by atoms with Gasteiger partial charge in [0.1, 0.15) is 5.82 Å². The highest BCUT2D eigenvalue weighted by Gasteiger charge is 2.20. The van der Waals surface area contributed by atoms with Crippen molar-refractivity contribution in [2.45, 2.75) is 13.3 Å². The van der Waals surface area contributed by atoms with E-state index in [1.54, 1.807) is 25.3 Å². The Morgan fingerprint density at radius 1 is 1.24 bits per heavy atom. The highest BCUT2D eigenvalue weighted by molar-refractivity contribution is 5.73. The van der Waals surface area contributed by atoms with Crippen LogP contribution in [0.1, 0.15) is 12.5 Å². The molecule has 0 unspecified atom stereocenters. The lowest BCUT2D eigenvalue weighted by Crippen LogP contribution is -2.48. The van der Waals surface area contributed by atoms with Gasteiger partial charge in [0.15, 0.2) is 5.82 Å². The summed E-state index contributed by atoms with van der Waals surface area (Å²) in [6.45, 7) is 4.88. The maximum atomic E-state index is 13.6. The van der Waals surface area contributed by atoms with Crippen LogP contribution in [0.3, 0.4) is 0 Å². The minimum absolute atomic E-state index is 0.0935. The molecular formula is C17H21FN6O. The third-order valence-electron chi connectivity index (χ3n) is 4.23. The van der Waals surface area contributed by atoms with Crippen LogP contribution in [0.25, 0.3) is 0 Å². The Hall–Kier alpha value is -2.77. The van der Waals surface area contributed by atoms with E-state index in [-0.39, 0.29) is 11.7 Å². The molecule has 0 spiro atoms. The second kappa shape index (κ2) is 7.87. The predicted molar refractivity (Wildman–Crippen MR) is 92.9 cm³/mol. The van der Waals surface area contributed by atoms with Crippen LogP contribution in [-0.4, -0.2) is 58.7 Å². The molecule has 0 atom stereocenters. The van der Waals surface area contributed by atoms with E-state index >= 15 is 0 Å². The van der Waals surface area contributed by atoms with Gasteiger partial charge in [-0.15, -0.1) is 5.10 Å². The maximum absolute atomic E-state index is 13.6. The molecule has 2 aromatic rings. The van der Waals surface area contributed by atoms with Gasteiger partial charge in [0.2, 0.25) is 11.9 Å². The molecule has 1 aliphatic heterocycles. The lowest BCUT2D eigenvalue weighted by Gasteiger charge is -2.34. The van der Waals surface area contributed by atoms with Crippen molar-refractivity contribution in [2.75, 3.05) is 42.9 Å². The first-order valence-electron chi connectivity index (χ1n) is 8.31. The first-order chi connectivity index (χ1) is 12.1. The summed E-state index contributed by atoms with van der Waals surface area (Å²) in [5.41, 5.74) is 0.652. The number of anilines is 2. The molecule has 25 heavy (non-hydrogen) atoms. The molecule has 8 heteroatoms. The fourth-order valence-corrected chi connectivity index (χ4v) is 2.78. The molecule has 1 aliphatic rings. The number of rotatable bonds is 5. The van der Waals surface area contributed by atoms with Crippen LogP contribution >= 0.6 is 0 Å². The average Bonchev–Trinajstić information content (AvgIpc) is 2.64. The van der Waals surface area contributed by atoms with Crippen LogP contribution < -0.4 is 10.2 Å². The Morgan fingerprint density at radius 3 is 2.72 bits per heavy atom. The molecule has 0 bridgehead atoms. The average molecular weight is 344 g/mol. The van der Waals surface area contributed by atoms with Gasteiger partial charge in [0.05, 0.1) is 6.20 Å². The van der Waals surface area contributed by atoms with Crippen molar-refractivity contribution in [3.05, 3.63) is 41.8 Å². The molecule has 1 saturated heterocycles. The van der Waals surface area contributed by atoms with Crippen LogP contribution in [0, 0.1) is 5.82 Å². The van der Waals surface area contributed by atoms with Gasteiger partial charge in [-0.3, -0.25) is 4.79 Å². The minimum Gasteiger partial charge on any atom is -0.353 e. The summed E-state index contributed by atoms with van der Waals surface area (Å²) in [4.78, 5) is 19.7. The maximum Gasteiger partial charge on any atom is 0.244 e. The molecule has 0 radical (unpaired) electrons. The SMILES string of the molecule is CC(=O)N1CCN(c2cnnc(NCCc3ccccc3F)n2)CC1. The number of hydrogen-bond donors (Lipinski definition) is 1. The molecule has 132 valence electrons. The second-order valence-corrected chi connectivity index (χ2v) is 5.90. The number of carbonyl (C=O) groups excluding carboxylic acids is 1. The molecule has 1 amide bonds. The number of piperazine rings is 1. The summed E-state index contributed by atoms with van der Waals surface area (Å²) in [6, 6.07) is 6.71. The molecule has 7 nitrogen and oxygen atoms in total. The molecule has 1 N–H and O–H groups in total. The van der Waals surface area contributed by atoms with Gasteiger partial charge < -0.3 is 15.1 Å². The van der Waals surface area contributed by atoms with Gasteiger partial charge in [-0.25, -0.2) is 4.39 Å². The van der Waals surface area contributed by atoms with Crippen molar-refractivity contribution in [1.82, 2.24) is 20.1 Å². The molecule has 2 heterocycles. The summed E-state index contributed by atoms with van der Waals surface area (Å²) in [7, 11) is 0. The molecule has 0 saturated carbocycles. The number of benzene rings is 1. The van der Waals surface area contributed by atoms with Crippen LogP contribution in [0.2, 0.25) is 0 Å². The fourth-order valence-electron chi connectivity index (χ4n) is 2.78. The molecule has 1 fully saturated rings. The molecular weight excluding hydrogens is 323 g/mol. The van der Waals surface area contributed by atoms with E-state index < -0.39 is 0 Å². The topological polar surface area (TPSA) is 74.2 Å². The number of hydrogen-bond acceptors (Lipinski definition) is 6. The number of carbonyl (C=O) groups is 1. The Kier molecular flexibility index (Phi) is 5.37. The molecule has 0 aliphatic carbocycles. The number of halogens is 1. The van der Waals surface area contributed by atoms with Gasteiger partial charge in [0, 0.05) is 39.6 Å². The van der Waals surface area contributed by atoms with Crippen LogP contribution in [0.15, 0.2) is 30.5 Å². The smallest absolute Gasteiger partial charge is 0.244 e. The number of nitrogens with one attached hydrogen (secondary N) is 1. The fraction of sp³-hybridized carbons (Fsp3) is 0.412. The van der Waals surface area contributed by atoms with E-state index in [0.717, 1.165) is 5.82 Å². The summed E-state index contributed by atoms with van der Waals surface area (Å²) in [6.07, 6.45) is 2.16. The van der Waals surface area contributed by atoms with Crippen LogP contribution in [-0.2, 0) is 11.2 Å². The molecule has 1 aromatic carbocycles. The Labute approximate surface area is 145 Å². The van der Waals surface area contributed by atoms with Crippen molar-refractivity contribution in [2.24, 2.45) is 0 Å². The Bertz CT molecular complexity index is 733. The second-order valence-electron chi connectivity index (χ2n) is 5.90. The van der Waals surface area contributed by atoms with E-state index in [9.17, 15) is 9.18 Å². The van der Waals surface area contributed by atoms with Gasteiger partial charge in [0.25, 0.3) is 0 Å². The van der Waals surface area contributed by atoms with Gasteiger partial charge in [-0.1, -0.05) is 18.2 Å². The highest BCUT2D eigenvalue weighted by atomic mass is 19.1. The Morgan fingerprint density at radius 2 is 2.00 bits per heavy atom. The quantitative estimate of drug-likeness (QED) is 0.882. The number of amides is 1. The summed E-state index contributed by atoms with van der Waals surface area (Å²) < 4.78 is 13.6. The van der Waals surface area contributed by atoms with Gasteiger partial charge in [-0.2, -0.15) is 10.1 Å². The predicted octanol–water partition coefficient (Wildman–Crippen LogP) is 1.33. The van der Waals surface area contributed by atoms with Crippen LogP contribution in [0.5, 0.6) is 0 Å². The monoisotopic (exact) mass is 344 g/mol. The third kappa shape index (κ3) is 4.40. The lowest BCUT2D eigenvalue weighted by molar-refractivity contribution is -0.129. The standard InChI is InChI=1S/C17H21FN6O/c1-13(25)23-8-10-24(11-9-23)16-12-20-22-17(21-16)19-7-6-14-4-2-3-5-15(14)18/h2-5,12H,6-11H2,1H3,(H,19,21,22). The third-order valence-corrected chi connectivity index (χ3v) is 4.23. The summed E-state index contributed by atoms with van der Waals surface area (Å²) >= 11 is 0. The first kappa shape index (κ1) is 17.1. The van der Waals surface area contributed by atoms with Crippen molar-refractivity contribution < 1.29 is 9.18 Å². The van der Waals surface area contributed by atoms with E-state index in [1.807, 2.05) is 11.0 Å². The lowest BCUT2D eigenvalue weighted by atomic mass is 10.1. The zero-order valence-electron chi connectivity index (χ0n) is 14.2. The van der Waals surface area contributed by atoms with Crippen molar-refractivity contribution in [1.29, 1.82) is 0 Å². The minimum atomic E-state index is -0.208. The van der Waals surface area contributed by atoms with E-state index in [1.165, 1.54) is 6.07 Å². The summed E-state index contributed by atoms with van der Waals surface area (Å²) in [5.74, 6) is 1.03. The first-order valence-corrected chi connectivity index (χ1v) is 8.31. The number of nitrogens with zero attached hydrogens (tertiary/aromatic N) is 5. The van der Waals surface area contributed by atoms with Crippen molar-refractivity contribution >= 4 is 17.7 Å². The zero-order chi connectivity index (χ0) is 17.6. The highest BCUT2D eigenvalue weighted by Crippen LogP contribution is 2.14. The van der Waals surface area contributed by atoms with E-state index in [2.05, 4.69) is 25.4 Å². The van der Waals surface area contributed by atoms with E-state index in [4.69, 9.17) is 0 Å². The van der Waals surface area contributed by atoms with E-state index in [0.29, 0.717) is 50.7 Å². The normalized spacial score (nSPS) is 14.5. The number of aromatic nitrogens is 3. The van der Waals surface area contributed by atoms with Gasteiger partial charge in [-0.05, 0) is 18.1 Å². The van der Waals surface area contributed by atoms with Crippen LogP contribution in [0.4, 0.5) is 16.2 Å².